The van der Waals surface area contributed by atoms with Crippen molar-refractivity contribution in [1.82, 2.24) is 15.5 Å². The lowest BCUT2D eigenvalue weighted by Gasteiger charge is -2.12. The molecule has 88 valence electrons. The third-order valence-electron chi connectivity index (χ3n) is 2.51. The third kappa shape index (κ3) is 2.36. The van der Waals surface area contributed by atoms with E-state index >= 15 is 0 Å². The molecule has 0 atom stereocenters. The van der Waals surface area contributed by atoms with E-state index in [0.717, 1.165) is 24.1 Å². The van der Waals surface area contributed by atoms with Crippen LogP contribution >= 0.6 is 11.6 Å². The number of ether oxygens (including phenoxy) is 1. The van der Waals surface area contributed by atoms with E-state index in [-0.39, 0.29) is 5.91 Å². The number of hydrogen-bond acceptors (Lipinski definition) is 3. The predicted octanol–water partition coefficient (Wildman–Crippen LogP) is 0.841. The fourth-order valence-corrected chi connectivity index (χ4v) is 1.79. The summed E-state index contributed by atoms with van der Waals surface area (Å²) in [5.74, 6) is 0.385. The van der Waals surface area contributed by atoms with E-state index in [1.54, 1.807) is 0 Å². The van der Waals surface area contributed by atoms with Gasteiger partial charge in [-0.25, -0.2) is 0 Å². The van der Waals surface area contributed by atoms with Crippen LogP contribution in [0.15, 0.2) is 0 Å². The van der Waals surface area contributed by atoms with Crippen molar-refractivity contribution >= 4 is 17.5 Å². The molecule has 1 aliphatic rings. The van der Waals surface area contributed by atoms with Crippen molar-refractivity contribution in [3.63, 3.8) is 0 Å². The Kier molecular flexibility index (Phi) is 3.79. The highest BCUT2D eigenvalue weighted by Gasteiger charge is 2.21. The van der Waals surface area contributed by atoms with Gasteiger partial charge in [0.05, 0.1) is 13.2 Å². The van der Waals surface area contributed by atoms with Gasteiger partial charge in [-0.1, -0.05) is 0 Å². The molecule has 6 heteroatoms. The van der Waals surface area contributed by atoms with Gasteiger partial charge in [0.25, 0.3) is 5.91 Å². The third-order valence-corrected chi connectivity index (χ3v) is 2.77. The highest BCUT2D eigenvalue weighted by Crippen LogP contribution is 2.17. The number of aromatic nitrogens is 2. The van der Waals surface area contributed by atoms with E-state index in [4.69, 9.17) is 16.3 Å². The lowest BCUT2D eigenvalue weighted by Crippen LogP contribution is -2.26. The summed E-state index contributed by atoms with van der Waals surface area (Å²) in [6.45, 7) is 1.72. The Morgan fingerprint density at radius 2 is 2.50 bits per heavy atom. The van der Waals surface area contributed by atoms with Gasteiger partial charge in [-0.3, -0.25) is 9.89 Å². The number of hydrogen-bond donors (Lipinski definition) is 2. The maximum Gasteiger partial charge on any atom is 0.272 e. The van der Waals surface area contributed by atoms with E-state index < -0.39 is 0 Å². The first kappa shape index (κ1) is 11.4. The number of fused-ring (bicyclic) bond motifs is 1. The molecule has 0 aromatic carbocycles. The molecule has 0 radical (unpaired) electrons. The number of rotatable bonds is 4. The minimum absolute atomic E-state index is 0.159. The number of aromatic amines is 1. The molecule has 1 amide bonds. The second-order valence-corrected chi connectivity index (χ2v) is 4.01. The van der Waals surface area contributed by atoms with Crippen LogP contribution in [-0.4, -0.2) is 35.1 Å². The molecule has 0 saturated heterocycles. The first-order valence-electron chi connectivity index (χ1n) is 5.31. The average Bonchev–Trinajstić information content (AvgIpc) is 2.73. The lowest BCUT2D eigenvalue weighted by molar-refractivity contribution is 0.0925. The molecule has 0 spiro atoms. The van der Waals surface area contributed by atoms with Crippen LogP contribution in [-0.2, 0) is 17.8 Å². The summed E-state index contributed by atoms with van der Waals surface area (Å²) in [4.78, 5) is 11.8. The van der Waals surface area contributed by atoms with Gasteiger partial charge in [0.15, 0.2) is 5.69 Å². The van der Waals surface area contributed by atoms with Crippen LogP contribution in [0.1, 0.15) is 28.2 Å². The number of H-pyrrole nitrogens is 1. The van der Waals surface area contributed by atoms with Crippen LogP contribution in [0, 0.1) is 0 Å². The fraction of sp³-hybridized carbons (Fsp3) is 0.600. The Balaban J connectivity index is 2.03. The highest BCUT2D eigenvalue weighted by atomic mass is 35.5. The first-order valence-corrected chi connectivity index (χ1v) is 5.84. The smallest absolute Gasteiger partial charge is 0.272 e. The van der Waals surface area contributed by atoms with Crippen LogP contribution in [0.4, 0.5) is 0 Å². The van der Waals surface area contributed by atoms with Crippen molar-refractivity contribution in [2.45, 2.75) is 19.4 Å². The lowest BCUT2D eigenvalue weighted by atomic mass is 10.1. The van der Waals surface area contributed by atoms with Gasteiger partial charge in [0.2, 0.25) is 0 Å². The summed E-state index contributed by atoms with van der Waals surface area (Å²) >= 11 is 5.53. The number of halogens is 1. The highest BCUT2D eigenvalue weighted by molar-refractivity contribution is 6.17. The first-order chi connectivity index (χ1) is 7.83. The standard InChI is InChI=1S/C10H14ClN3O2/c11-3-1-4-12-10(15)9-7-6-16-5-2-8(7)13-14-9/h1-6H2,(H,12,15)(H,13,14). The zero-order valence-electron chi connectivity index (χ0n) is 8.88. The summed E-state index contributed by atoms with van der Waals surface area (Å²) in [6.07, 6.45) is 1.55. The van der Waals surface area contributed by atoms with Gasteiger partial charge >= 0.3 is 0 Å². The van der Waals surface area contributed by atoms with E-state index in [2.05, 4.69) is 15.5 Å². The minimum Gasteiger partial charge on any atom is -0.376 e. The van der Waals surface area contributed by atoms with Gasteiger partial charge in [0.1, 0.15) is 0 Å². The zero-order chi connectivity index (χ0) is 11.4. The minimum atomic E-state index is -0.159. The molecule has 1 aromatic rings. The Bertz CT molecular complexity index is 378. The number of alkyl halides is 1. The summed E-state index contributed by atoms with van der Waals surface area (Å²) in [6, 6.07) is 0. The molecular weight excluding hydrogens is 230 g/mol. The largest absolute Gasteiger partial charge is 0.376 e. The second-order valence-electron chi connectivity index (χ2n) is 3.63. The van der Waals surface area contributed by atoms with Gasteiger partial charge in [-0.15, -0.1) is 11.6 Å². The normalized spacial score (nSPS) is 14.6. The van der Waals surface area contributed by atoms with Crippen molar-refractivity contribution in [1.29, 1.82) is 0 Å². The van der Waals surface area contributed by atoms with E-state index in [0.29, 0.717) is 31.3 Å². The molecule has 1 aromatic heterocycles. The number of nitrogens with one attached hydrogen (secondary N) is 2. The summed E-state index contributed by atoms with van der Waals surface area (Å²) < 4.78 is 5.31. The van der Waals surface area contributed by atoms with Crippen LogP contribution in [0.3, 0.4) is 0 Å². The van der Waals surface area contributed by atoms with Crippen LogP contribution < -0.4 is 5.32 Å². The fourth-order valence-electron chi connectivity index (χ4n) is 1.65. The van der Waals surface area contributed by atoms with Crippen molar-refractivity contribution in [2.75, 3.05) is 19.0 Å². The average molecular weight is 244 g/mol. The molecule has 2 N–H and O–H groups in total. The number of carbonyl (C=O) groups is 1. The second kappa shape index (κ2) is 5.32. The van der Waals surface area contributed by atoms with Gasteiger partial charge in [-0.2, -0.15) is 5.10 Å². The molecule has 0 unspecified atom stereocenters. The SMILES string of the molecule is O=C(NCCCCl)c1n[nH]c2c1COCC2. The van der Waals surface area contributed by atoms with E-state index in [1.165, 1.54) is 0 Å². The Morgan fingerprint density at radius 3 is 3.31 bits per heavy atom. The summed E-state index contributed by atoms with van der Waals surface area (Å²) in [7, 11) is 0. The molecule has 0 aliphatic carbocycles. The zero-order valence-corrected chi connectivity index (χ0v) is 9.64. The monoisotopic (exact) mass is 243 g/mol. The van der Waals surface area contributed by atoms with E-state index in [1.807, 2.05) is 0 Å². The van der Waals surface area contributed by atoms with Crippen molar-refractivity contribution in [3.8, 4) is 0 Å². The molecule has 0 saturated carbocycles. The molecule has 0 fully saturated rings. The Hall–Kier alpha value is -1.07. The predicted molar refractivity (Wildman–Crippen MR) is 59.6 cm³/mol. The summed E-state index contributed by atoms with van der Waals surface area (Å²) in [5.41, 5.74) is 2.34. The summed E-state index contributed by atoms with van der Waals surface area (Å²) in [5, 5.41) is 9.68. The quantitative estimate of drug-likeness (QED) is 0.608. The molecule has 5 nitrogen and oxygen atoms in total. The Morgan fingerprint density at radius 1 is 1.62 bits per heavy atom. The van der Waals surface area contributed by atoms with Gasteiger partial charge in [-0.05, 0) is 6.42 Å². The topological polar surface area (TPSA) is 67.0 Å². The van der Waals surface area contributed by atoms with Gasteiger partial charge in [0, 0.05) is 30.1 Å². The molecule has 0 bridgehead atoms. The van der Waals surface area contributed by atoms with Crippen molar-refractivity contribution in [3.05, 3.63) is 17.0 Å². The van der Waals surface area contributed by atoms with Crippen LogP contribution in [0.25, 0.3) is 0 Å². The van der Waals surface area contributed by atoms with E-state index in [9.17, 15) is 4.79 Å². The molecule has 16 heavy (non-hydrogen) atoms. The van der Waals surface area contributed by atoms with Crippen LogP contribution in [0.5, 0.6) is 0 Å². The number of nitrogens with zero attached hydrogens (tertiary/aromatic N) is 1. The van der Waals surface area contributed by atoms with Crippen molar-refractivity contribution < 1.29 is 9.53 Å². The van der Waals surface area contributed by atoms with Gasteiger partial charge < -0.3 is 10.1 Å². The molecule has 2 heterocycles. The Labute approximate surface area is 98.5 Å². The molecule has 2 rings (SSSR count). The number of amides is 1. The molecular formula is C10H14ClN3O2. The van der Waals surface area contributed by atoms with Crippen LogP contribution in [0.2, 0.25) is 0 Å². The maximum absolute atomic E-state index is 11.8. The maximum atomic E-state index is 11.8. The van der Waals surface area contributed by atoms with Crippen molar-refractivity contribution in [2.24, 2.45) is 0 Å². The molecule has 1 aliphatic heterocycles. The number of carbonyl (C=O) groups excluding carboxylic acids is 1.